The van der Waals surface area contributed by atoms with E-state index in [1.54, 1.807) is 18.2 Å². The molecule has 102 valence electrons. The largest absolute Gasteiger partial charge is 0.478 e. The monoisotopic (exact) mass is 309 g/mol. The number of amides is 1. The van der Waals surface area contributed by atoms with Crippen LogP contribution in [0.5, 0.6) is 0 Å². The summed E-state index contributed by atoms with van der Waals surface area (Å²) >= 11 is 11.8. The molecule has 2 aromatic rings. The molecule has 2 aromatic carbocycles. The highest BCUT2D eigenvalue weighted by atomic mass is 35.5. The fourth-order valence-electron chi connectivity index (χ4n) is 1.62. The topological polar surface area (TPSA) is 66.4 Å². The Balaban J connectivity index is 2.29. The minimum absolute atomic E-state index is 0.0182. The molecule has 0 aliphatic rings. The van der Waals surface area contributed by atoms with Gasteiger partial charge >= 0.3 is 5.97 Å². The third-order valence-electron chi connectivity index (χ3n) is 2.56. The third-order valence-corrected chi connectivity index (χ3v) is 3.21. The molecule has 0 saturated carbocycles. The number of carboxylic acid groups (broad SMARTS) is 1. The number of anilines is 1. The molecular formula is C14H9Cl2NO3. The van der Waals surface area contributed by atoms with E-state index < -0.39 is 11.9 Å². The van der Waals surface area contributed by atoms with Crippen LogP contribution in [0.2, 0.25) is 10.0 Å². The molecule has 0 fully saturated rings. The molecule has 4 nitrogen and oxygen atoms in total. The predicted octanol–water partition coefficient (Wildman–Crippen LogP) is 3.94. The maximum absolute atomic E-state index is 12.0. The molecule has 0 atom stereocenters. The minimum Gasteiger partial charge on any atom is -0.478 e. The van der Waals surface area contributed by atoms with Crippen LogP contribution in [-0.4, -0.2) is 17.0 Å². The van der Waals surface area contributed by atoms with Gasteiger partial charge in [-0.3, -0.25) is 4.79 Å². The lowest BCUT2D eigenvalue weighted by Gasteiger charge is -2.09. The summed E-state index contributed by atoms with van der Waals surface area (Å²) in [5.74, 6) is -1.58. The molecule has 0 radical (unpaired) electrons. The van der Waals surface area contributed by atoms with Crippen molar-refractivity contribution in [3.8, 4) is 0 Å². The Kier molecular flexibility index (Phi) is 4.27. The number of carbonyl (C=O) groups is 2. The van der Waals surface area contributed by atoms with E-state index in [-0.39, 0.29) is 16.3 Å². The van der Waals surface area contributed by atoms with Gasteiger partial charge in [0.15, 0.2) is 0 Å². The highest BCUT2D eigenvalue weighted by Crippen LogP contribution is 2.26. The van der Waals surface area contributed by atoms with Crippen LogP contribution in [0.15, 0.2) is 42.5 Å². The summed E-state index contributed by atoms with van der Waals surface area (Å²) in [6.45, 7) is 0. The van der Waals surface area contributed by atoms with Gasteiger partial charge in [0.25, 0.3) is 5.91 Å². The first-order valence-electron chi connectivity index (χ1n) is 5.58. The van der Waals surface area contributed by atoms with Gasteiger partial charge < -0.3 is 10.4 Å². The highest BCUT2D eigenvalue weighted by Gasteiger charge is 2.14. The van der Waals surface area contributed by atoms with Crippen LogP contribution in [0.25, 0.3) is 0 Å². The molecule has 2 rings (SSSR count). The van der Waals surface area contributed by atoms with Gasteiger partial charge in [-0.25, -0.2) is 4.79 Å². The summed E-state index contributed by atoms with van der Waals surface area (Å²) in [4.78, 5) is 23.0. The molecular weight excluding hydrogens is 301 g/mol. The standard InChI is InChI=1S/C14H9Cl2NO3/c15-9-4-1-3-8(7-9)13(18)17-11-6-2-5-10(12(11)16)14(19)20/h1-7H,(H,17,18)(H,19,20). The van der Waals surface area contributed by atoms with Crippen molar-refractivity contribution in [2.75, 3.05) is 5.32 Å². The Morgan fingerprint density at radius 1 is 1.05 bits per heavy atom. The van der Waals surface area contributed by atoms with Gasteiger partial charge in [-0.2, -0.15) is 0 Å². The van der Waals surface area contributed by atoms with Crippen LogP contribution in [-0.2, 0) is 0 Å². The number of carbonyl (C=O) groups excluding carboxylic acids is 1. The number of rotatable bonds is 3. The summed E-state index contributed by atoms with van der Waals surface area (Å²) < 4.78 is 0. The second-order valence-corrected chi connectivity index (χ2v) is 4.75. The average Bonchev–Trinajstić information content (AvgIpc) is 2.40. The maximum atomic E-state index is 12.0. The zero-order chi connectivity index (χ0) is 14.7. The van der Waals surface area contributed by atoms with E-state index in [0.29, 0.717) is 10.6 Å². The Labute approximate surface area is 124 Å². The third kappa shape index (κ3) is 3.10. The van der Waals surface area contributed by atoms with Crippen LogP contribution in [0.4, 0.5) is 5.69 Å². The quantitative estimate of drug-likeness (QED) is 0.902. The van der Waals surface area contributed by atoms with Crippen molar-refractivity contribution in [1.29, 1.82) is 0 Å². The zero-order valence-electron chi connectivity index (χ0n) is 10.1. The lowest BCUT2D eigenvalue weighted by Crippen LogP contribution is -2.13. The van der Waals surface area contributed by atoms with Gasteiger partial charge in [-0.05, 0) is 30.3 Å². The molecule has 0 bridgehead atoms. The molecule has 0 heterocycles. The van der Waals surface area contributed by atoms with Crippen LogP contribution in [0.3, 0.4) is 0 Å². The number of nitrogens with one attached hydrogen (secondary N) is 1. The van der Waals surface area contributed by atoms with Crippen LogP contribution in [0.1, 0.15) is 20.7 Å². The van der Waals surface area contributed by atoms with Crippen molar-refractivity contribution < 1.29 is 14.7 Å². The van der Waals surface area contributed by atoms with E-state index in [4.69, 9.17) is 28.3 Å². The van der Waals surface area contributed by atoms with E-state index in [0.717, 1.165) is 0 Å². The number of benzene rings is 2. The van der Waals surface area contributed by atoms with Crippen molar-refractivity contribution in [2.24, 2.45) is 0 Å². The predicted molar refractivity (Wildman–Crippen MR) is 77.8 cm³/mol. The Hall–Kier alpha value is -2.04. The van der Waals surface area contributed by atoms with Gasteiger partial charge in [0, 0.05) is 10.6 Å². The SMILES string of the molecule is O=C(Nc1cccc(C(=O)O)c1Cl)c1cccc(Cl)c1. The van der Waals surface area contributed by atoms with Gasteiger partial charge in [0.1, 0.15) is 0 Å². The normalized spacial score (nSPS) is 10.1. The molecule has 0 unspecified atom stereocenters. The summed E-state index contributed by atoms with van der Waals surface area (Å²) in [6, 6.07) is 10.8. The molecule has 0 aliphatic carbocycles. The van der Waals surface area contributed by atoms with E-state index in [1.807, 2.05) is 0 Å². The van der Waals surface area contributed by atoms with Crippen molar-refractivity contribution in [1.82, 2.24) is 0 Å². The molecule has 6 heteroatoms. The Bertz CT molecular complexity index is 686. The second kappa shape index (κ2) is 5.94. The first-order valence-corrected chi connectivity index (χ1v) is 6.33. The van der Waals surface area contributed by atoms with Crippen molar-refractivity contribution in [2.45, 2.75) is 0 Å². The van der Waals surface area contributed by atoms with Gasteiger partial charge in [0.05, 0.1) is 16.3 Å². The van der Waals surface area contributed by atoms with Crippen molar-refractivity contribution >= 4 is 40.8 Å². The number of aromatic carboxylic acids is 1. The zero-order valence-corrected chi connectivity index (χ0v) is 11.6. The van der Waals surface area contributed by atoms with E-state index in [1.165, 1.54) is 24.3 Å². The molecule has 2 N–H and O–H groups in total. The fourth-order valence-corrected chi connectivity index (χ4v) is 2.06. The molecule has 20 heavy (non-hydrogen) atoms. The van der Waals surface area contributed by atoms with Crippen LogP contribution in [0, 0.1) is 0 Å². The van der Waals surface area contributed by atoms with E-state index in [2.05, 4.69) is 5.32 Å². The number of halogens is 2. The second-order valence-electron chi connectivity index (χ2n) is 3.94. The summed E-state index contributed by atoms with van der Waals surface area (Å²) in [7, 11) is 0. The van der Waals surface area contributed by atoms with Crippen molar-refractivity contribution in [3.63, 3.8) is 0 Å². The molecule has 0 aromatic heterocycles. The average molecular weight is 310 g/mol. The molecule has 1 amide bonds. The Morgan fingerprint density at radius 3 is 2.40 bits per heavy atom. The number of carboxylic acids is 1. The summed E-state index contributed by atoms with van der Waals surface area (Å²) in [6.07, 6.45) is 0. The first-order chi connectivity index (χ1) is 9.49. The number of hydrogen-bond acceptors (Lipinski definition) is 2. The Morgan fingerprint density at radius 2 is 1.75 bits per heavy atom. The lowest BCUT2D eigenvalue weighted by atomic mass is 10.1. The van der Waals surface area contributed by atoms with Gasteiger partial charge in [0.2, 0.25) is 0 Å². The molecule has 0 spiro atoms. The molecule has 0 saturated heterocycles. The van der Waals surface area contributed by atoms with Crippen molar-refractivity contribution in [3.05, 3.63) is 63.6 Å². The van der Waals surface area contributed by atoms with E-state index in [9.17, 15) is 9.59 Å². The minimum atomic E-state index is -1.16. The summed E-state index contributed by atoms with van der Waals surface area (Å²) in [5, 5.41) is 11.9. The number of hydrogen-bond donors (Lipinski definition) is 2. The van der Waals surface area contributed by atoms with E-state index >= 15 is 0 Å². The van der Waals surface area contributed by atoms with Gasteiger partial charge in [-0.1, -0.05) is 35.3 Å². The van der Waals surface area contributed by atoms with Crippen LogP contribution < -0.4 is 5.32 Å². The highest BCUT2D eigenvalue weighted by molar-refractivity contribution is 6.36. The van der Waals surface area contributed by atoms with Gasteiger partial charge in [-0.15, -0.1) is 0 Å². The first kappa shape index (κ1) is 14.4. The smallest absolute Gasteiger partial charge is 0.337 e. The molecule has 0 aliphatic heterocycles. The fraction of sp³-hybridized carbons (Fsp3) is 0. The lowest BCUT2D eigenvalue weighted by molar-refractivity contribution is 0.0696. The summed E-state index contributed by atoms with van der Waals surface area (Å²) in [5.41, 5.74) is 0.515. The maximum Gasteiger partial charge on any atom is 0.337 e. The van der Waals surface area contributed by atoms with Crippen LogP contribution >= 0.6 is 23.2 Å².